The molecule has 0 N–H and O–H groups in total. The fraction of sp³-hybridized carbons (Fsp3) is 0.571. The molecule has 0 spiro atoms. The van der Waals surface area contributed by atoms with Crippen molar-refractivity contribution in [2.24, 2.45) is 0 Å². The van der Waals surface area contributed by atoms with Crippen molar-refractivity contribution in [2.75, 3.05) is 26.4 Å². The molecule has 94 valence electrons. The molecule has 2 rings (SSSR count). The lowest BCUT2D eigenvalue weighted by Gasteiger charge is -2.07. The van der Waals surface area contributed by atoms with Gasteiger partial charge in [0, 0.05) is 0 Å². The van der Waals surface area contributed by atoms with Gasteiger partial charge in [0.1, 0.15) is 18.5 Å². The highest BCUT2D eigenvalue weighted by Gasteiger charge is 2.21. The molecule has 1 unspecified atom stereocenters. The molecule has 0 bridgehead atoms. The zero-order valence-electron chi connectivity index (χ0n) is 10.4. The van der Waals surface area contributed by atoms with Crippen LogP contribution >= 0.6 is 0 Å². The molecule has 0 radical (unpaired) electrons. The van der Waals surface area contributed by atoms with Gasteiger partial charge in [-0.3, -0.25) is 0 Å². The van der Waals surface area contributed by atoms with Gasteiger partial charge in [-0.1, -0.05) is 25.5 Å². The molecule has 1 heterocycles. The maximum atomic E-state index is 5.58. The minimum atomic E-state index is 0.336. The molecule has 0 saturated carbocycles. The summed E-state index contributed by atoms with van der Waals surface area (Å²) in [7, 11) is 0. The van der Waals surface area contributed by atoms with Crippen LogP contribution in [-0.4, -0.2) is 32.5 Å². The van der Waals surface area contributed by atoms with Crippen LogP contribution in [0.15, 0.2) is 24.3 Å². The summed E-state index contributed by atoms with van der Waals surface area (Å²) >= 11 is 0. The Morgan fingerprint density at radius 3 is 2.65 bits per heavy atom. The van der Waals surface area contributed by atoms with Crippen molar-refractivity contribution in [3.8, 4) is 5.75 Å². The second-order valence-corrected chi connectivity index (χ2v) is 4.27. The number of aryl methyl sites for hydroxylation is 1. The zero-order chi connectivity index (χ0) is 11.9. The highest BCUT2D eigenvalue weighted by Crippen LogP contribution is 2.13. The molecule has 0 aliphatic carbocycles. The smallest absolute Gasteiger partial charge is 0.119 e. The van der Waals surface area contributed by atoms with Gasteiger partial charge in [-0.05, 0) is 24.1 Å². The molecular formula is C14H20O3. The minimum absolute atomic E-state index is 0.336. The quantitative estimate of drug-likeness (QED) is 0.513. The second-order valence-electron chi connectivity index (χ2n) is 4.27. The topological polar surface area (TPSA) is 31.0 Å². The summed E-state index contributed by atoms with van der Waals surface area (Å²) in [6.45, 7) is 4.94. The Morgan fingerprint density at radius 2 is 2.00 bits per heavy atom. The van der Waals surface area contributed by atoms with Crippen LogP contribution < -0.4 is 4.74 Å². The van der Waals surface area contributed by atoms with E-state index >= 15 is 0 Å². The Bertz CT molecular complexity index is 317. The van der Waals surface area contributed by atoms with Crippen LogP contribution in [0.4, 0.5) is 0 Å². The van der Waals surface area contributed by atoms with Gasteiger partial charge in [0.25, 0.3) is 0 Å². The molecule has 0 amide bonds. The summed E-state index contributed by atoms with van der Waals surface area (Å²) in [5, 5.41) is 0. The minimum Gasteiger partial charge on any atom is -0.491 e. The number of rotatable bonds is 8. The largest absolute Gasteiger partial charge is 0.491 e. The highest BCUT2D eigenvalue weighted by atomic mass is 16.6. The van der Waals surface area contributed by atoms with E-state index in [2.05, 4.69) is 19.1 Å². The summed E-state index contributed by atoms with van der Waals surface area (Å²) in [4.78, 5) is 0. The van der Waals surface area contributed by atoms with Crippen LogP contribution in [0.5, 0.6) is 5.75 Å². The Kier molecular flexibility index (Phi) is 4.83. The third-order valence-corrected chi connectivity index (χ3v) is 2.66. The van der Waals surface area contributed by atoms with Gasteiger partial charge in [-0.2, -0.15) is 0 Å². The maximum Gasteiger partial charge on any atom is 0.119 e. The lowest BCUT2D eigenvalue weighted by atomic mass is 10.1. The first-order chi connectivity index (χ1) is 8.38. The average Bonchev–Trinajstić information content (AvgIpc) is 3.15. The molecule has 1 aliphatic rings. The molecule has 1 aliphatic heterocycles. The number of hydrogen-bond donors (Lipinski definition) is 0. The Hall–Kier alpha value is -1.06. The highest BCUT2D eigenvalue weighted by molar-refractivity contribution is 5.27. The number of ether oxygens (including phenoxy) is 3. The van der Waals surface area contributed by atoms with Gasteiger partial charge in [-0.15, -0.1) is 0 Å². The van der Waals surface area contributed by atoms with Gasteiger partial charge < -0.3 is 14.2 Å². The molecule has 0 aromatic heterocycles. The van der Waals surface area contributed by atoms with Crippen LogP contribution in [0.1, 0.15) is 18.9 Å². The van der Waals surface area contributed by atoms with E-state index in [0.717, 1.165) is 18.8 Å². The summed E-state index contributed by atoms with van der Waals surface area (Å²) in [5.41, 5.74) is 1.36. The summed E-state index contributed by atoms with van der Waals surface area (Å²) in [6.07, 6.45) is 2.64. The summed E-state index contributed by atoms with van der Waals surface area (Å²) in [5.74, 6) is 0.913. The first-order valence-corrected chi connectivity index (χ1v) is 6.29. The second kappa shape index (κ2) is 6.62. The number of epoxide rings is 1. The van der Waals surface area contributed by atoms with E-state index < -0.39 is 0 Å². The van der Waals surface area contributed by atoms with Crippen molar-refractivity contribution in [3.05, 3.63) is 29.8 Å². The van der Waals surface area contributed by atoms with Crippen LogP contribution in [0.25, 0.3) is 0 Å². The average molecular weight is 236 g/mol. The standard InChI is InChI=1S/C14H20O3/c1-2-3-12-4-6-13(7-5-12)16-9-8-15-10-14-11-17-14/h4-7,14H,2-3,8-11H2,1H3. The van der Waals surface area contributed by atoms with E-state index in [0.29, 0.717) is 25.9 Å². The van der Waals surface area contributed by atoms with E-state index in [1.807, 2.05) is 12.1 Å². The first kappa shape index (κ1) is 12.4. The van der Waals surface area contributed by atoms with Crippen molar-refractivity contribution in [2.45, 2.75) is 25.9 Å². The van der Waals surface area contributed by atoms with E-state index in [1.165, 1.54) is 12.0 Å². The third kappa shape index (κ3) is 4.75. The fourth-order valence-electron chi connectivity index (χ4n) is 1.64. The Balaban J connectivity index is 1.60. The van der Waals surface area contributed by atoms with E-state index in [9.17, 15) is 0 Å². The maximum absolute atomic E-state index is 5.58. The SMILES string of the molecule is CCCc1ccc(OCCOCC2CO2)cc1. The van der Waals surface area contributed by atoms with Crippen molar-refractivity contribution >= 4 is 0 Å². The predicted molar refractivity (Wildman–Crippen MR) is 66.5 cm³/mol. The van der Waals surface area contributed by atoms with Crippen LogP contribution in [0, 0.1) is 0 Å². The summed E-state index contributed by atoms with van der Waals surface area (Å²) in [6, 6.07) is 8.29. The number of hydrogen-bond acceptors (Lipinski definition) is 3. The Morgan fingerprint density at radius 1 is 1.24 bits per heavy atom. The van der Waals surface area contributed by atoms with Crippen LogP contribution in [-0.2, 0) is 15.9 Å². The van der Waals surface area contributed by atoms with Gasteiger partial charge in [0.15, 0.2) is 0 Å². The molecule has 3 heteroatoms. The molecule has 1 atom stereocenters. The lowest BCUT2D eigenvalue weighted by molar-refractivity contribution is 0.0878. The molecule has 17 heavy (non-hydrogen) atoms. The van der Waals surface area contributed by atoms with Crippen molar-refractivity contribution < 1.29 is 14.2 Å². The molecule has 1 aromatic carbocycles. The van der Waals surface area contributed by atoms with E-state index in [1.54, 1.807) is 0 Å². The Labute approximate surface area is 103 Å². The van der Waals surface area contributed by atoms with Gasteiger partial charge in [0.05, 0.1) is 19.8 Å². The third-order valence-electron chi connectivity index (χ3n) is 2.66. The van der Waals surface area contributed by atoms with Gasteiger partial charge in [-0.25, -0.2) is 0 Å². The van der Waals surface area contributed by atoms with E-state index in [4.69, 9.17) is 14.2 Å². The van der Waals surface area contributed by atoms with E-state index in [-0.39, 0.29) is 0 Å². The van der Waals surface area contributed by atoms with Crippen LogP contribution in [0.2, 0.25) is 0 Å². The zero-order valence-corrected chi connectivity index (χ0v) is 10.4. The molecular weight excluding hydrogens is 216 g/mol. The lowest BCUT2D eigenvalue weighted by Crippen LogP contribution is -2.10. The predicted octanol–water partition coefficient (Wildman–Crippen LogP) is 2.43. The van der Waals surface area contributed by atoms with Crippen molar-refractivity contribution in [1.82, 2.24) is 0 Å². The number of benzene rings is 1. The van der Waals surface area contributed by atoms with Crippen LogP contribution in [0.3, 0.4) is 0 Å². The molecule has 3 nitrogen and oxygen atoms in total. The molecule has 1 saturated heterocycles. The first-order valence-electron chi connectivity index (χ1n) is 6.29. The van der Waals surface area contributed by atoms with Crippen molar-refractivity contribution in [3.63, 3.8) is 0 Å². The normalized spacial score (nSPS) is 18.1. The monoisotopic (exact) mass is 236 g/mol. The molecule has 1 aromatic rings. The van der Waals surface area contributed by atoms with Gasteiger partial charge in [0.2, 0.25) is 0 Å². The summed E-state index contributed by atoms with van der Waals surface area (Å²) < 4.78 is 16.0. The molecule has 1 fully saturated rings. The van der Waals surface area contributed by atoms with Crippen molar-refractivity contribution in [1.29, 1.82) is 0 Å². The fourth-order valence-corrected chi connectivity index (χ4v) is 1.64. The van der Waals surface area contributed by atoms with Gasteiger partial charge >= 0.3 is 0 Å².